The van der Waals surface area contributed by atoms with E-state index in [9.17, 15) is 0 Å². The predicted molar refractivity (Wildman–Crippen MR) is 162 cm³/mol. The number of fused-ring (bicyclic) bond motifs is 2. The van der Waals surface area contributed by atoms with Gasteiger partial charge in [0.05, 0.1) is 35.3 Å². The Hall–Kier alpha value is -2.36. The molecule has 1 heterocycles. The summed E-state index contributed by atoms with van der Waals surface area (Å²) in [5.41, 5.74) is 3.55. The molecule has 38 heavy (non-hydrogen) atoms. The van der Waals surface area contributed by atoms with Crippen molar-refractivity contribution in [1.29, 1.82) is 0 Å². The third-order valence-electron chi connectivity index (χ3n) is 7.42. The first-order chi connectivity index (χ1) is 18.8. The molecule has 0 spiro atoms. The highest BCUT2D eigenvalue weighted by Crippen LogP contribution is 2.32. The molecule has 0 saturated carbocycles. The monoisotopic (exact) mass is 520 g/mol. The van der Waals surface area contributed by atoms with E-state index in [0.29, 0.717) is 0 Å². The van der Waals surface area contributed by atoms with Gasteiger partial charge >= 0.3 is 0 Å². The van der Waals surface area contributed by atoms with Crippen LogP contribution in [-0.4, -0.2) is 23.2 Å². The number of hydrogen-bond donors (Lipinski definition) is 0. The van der Waals surface area contributed by atoms with E-state index in [2.05, 4.69) is 13.8 Å². The van der Waals surface area contributed by atoms with Crippen molar-refractivity contribution in [2.24, 2.45) is 0 Å². The van der Waals surface area contributed by atoms with Gasteiger partial charge in [-0.05, 0) is 25.0 Å². The summed E-state index contributed by atoms with van der Waals surface area (Å²) in [5, 5.41) is 0. The largest absolute Gasteiger partial charge is 0.490 e. The predicted octanol–water partition coefficient (Wildman–Crippen LogP) is 10.6. The molecule has 0 fully saturated rings. The SMILES string of the molecule is CCCCCCCCCCCOc1cc2nc3ccccc3nc2cc1OCCCCCCCCCCC. The molecule has 4 nitrogen and oxygen atoms in total. The fourth-order valence-corrected chi connectivity index (χ4v) is 5.05. The van der Waals surface area contributed by atoms with E-state index in [0.717, 1.165) is 59.6 Å². The van der Waals surface area contributed by atoms with Crippen LogP contribution in [0.25, 0.3) is 22.1 Å². The smallest absolute Gasteiger partial charge is 0.163 e. The van der Waals surface area contributed by atoms with Gasteiger partial charge in [0.15, 0.2) is 11.5 Å². The summed E-state index contributed by atoms with van der Waals surface area (Å²) in [7, 11) is 0. The molecule has 3 rings (SSSR count). The van der Waals surface area contributed by atoms with E-state index in [4.69, 9.17) is 19.4 Å². The first kappa shape index (κ1) is 30.2. The van der Waals surface area contributed by atoms with Crippen LogP contribution in [0.15, 0.2) is 36.4 Å². The van der Waals surface area contributed by atoms with Gasteiger partial charge in [0, 0.05) is 12.1 Å². The van der Waals surface area contributed by atoms with Gasteiger partial charge in [-0.3, -0.25) is 0 Å². The highest BCUT2D eigenvalue weighted by atomic mass is 16.5. The zero-order valence-corrected chi connectivity index (χ0v) is 24.3. The number of hydrogen-bond acceptors (Lipinski definition) is 4. The Morgan fingerprint density at radius 2 is 0.789 bits per heavy atom. The molecular weight excluding hydrogens is 468 g/mol. The van der Waals surface area contributed by atoms with Gasteiger partial charge in [-0.25, -0.2) is 9.97 Å². The van der Waals surface area contributed by atoms with Crippen LogP contribution in [0.5, 0.6) is 11.5 Å². The van der Waals surface area contributed by atoms with Gasteiger partial charge < -0.3 is 9.47 Å². The third-order valence-corrected chi connectivity index (χ3v) is 7.42. The molecule has 2 aromatic carbocycles. The molecule has 0 aliphatic carbocycles. The van der Waals surface area contributed by atoms with Crippen LogP contribution < -0.4 is 9.47 Å². The number of aromatic nitrogens is 2. The summed E-state index contributed by atoms with van der Waals surface area (Å²) in [5.74, 6) is 1.61. The van der Waals surface area contributed by atoms with Crippen LogP contribution in [0.3, 0.4) is 0 Å². The number of para-hydroxylation sites is 2. The molecule has 4 heteroatoms. The van der Waals surface area contributed by atoms with Crippen molar-refractivity contribution in [2.45, 2.75) is 129 Å². The van der Waals surface area contributed by atoms with Crippen LogP contribution in [0.2, 0.25) is 0 Å². The van der Waals surface area contributed by atoms with E-state index in [1.54, 1.807) is 0 Å². The summed E-state index contributed by atoms with van der Waals surface area (Å²) < 4.78 is 12.5. The molecule has 0 aliphatic rings. The van der Waals surface area contributed by atoms with Crippen LogP contribution >= 0.6 is 0 Å². The molecule has 0 amide bonds. The molecule has 0 bridgehead atoms. The molecule has 0 radical (unpaired) electrons. The number of nitrogens with zero attached hydrogens (tertiary/aromatic N) is 2. The van der Waals surface area contributed by atoms with Crippen LogP contribution in [0.1, 0.15) is 129 Å². The summed E-state index contributed by atoms with van der Waals surface area (Å²) in [6.07, 6.45) is 23.6. The van der Waals surface area contributed by atoms with Crippen LogP contribution in [0, 0.1) is 0 Å². The quantitative estimate of drug-likeness (QED) is 0.0976. The number of benzene rings is 2. The summed E-state index contributed by atoms with van der Waals surface area (Å²) in [6.45, 7) is 5.99. The van der Waals surface area contributed by atoms with Crippen molar-refractivity contribution in [3.05, 3.63) is 36.4 Å². The third kappa shape index (κ3) is 11.2. The van der Waals surface area contributed by atoms with Gasteiger partial charge in [0.25, 0.3) is 0 Å². The molecule has 0 unspecified atom stereocenters. The number of rotatable bonds is 22. The van der Waals surface area contributed by atoms with Gasteiger partial charge in [0.1, 0.15) is 0 Å². The van der Waals surface area contributed by atoms with Crippen molar-refractivity contribution in [3.8, 4) is 11.5 Å². The molecule has 210 valence electrons. The van der Waals surface area contributed by atoms with E-state index in [-0.39, 0.29) is 0 Å². The normalized spacial score (nSPS) is 11.4. The standard InChI is InChI=1S/C34H52N2O2/c1-3-5-7-9-11-13-15-17-21-25-37-33-27-31-32(36-30-24-20-19-23-29(30)35-31)28-34(33)38-26-22-18-16-14-12-10-8-6-4-2/h19-20,23-24,27-28H,3-18,21-22,25-26H2,1-2H3. The second kappa shape index (κ2) is 18.8. The minimum atomic E-state index is 0.719. The second-order valence-corrected chi connectivity index (χ2v) is 10.9. The maximum atomic E-state index is 6.27. The lowest BCUT2D eigenvalue weighted by Gasteiger charge is -2.14. The average Bonchev–Trinajstić information content (AvgIpc) is 2.94. The molecule has 0 atom stereocenters. The van der Waals surface area contributed by atoms with Gasteiger partial charge in [0.2, 0.25) is 0 Å². The lowest BCUT2D eigenvalue weighted by molar-refractivity contribution is 0.259. The highest BCUT2D eigenvalue weighted by Gasteiger charge is 2.11. The summed E-state index contributed by atoms with van der Waals surface area (Å²) in [4.78, 5) is 9.68. The lowest BCUT2D eigenvalue weighted by Crippen LogP contribution is -2.03. The number of ether oxygens (including phenoxy) is 2. The molecule has 3 aromatic rings. The van der Waals surface area contributed by atoms with Crippen molar-refractivity contribution >= 4 is 22.1 Å². The van der Waals surface area contributed by atoms with Crippen LogP contribution in [0.4, 0.5) is 0 Å². The topological polar surface area (TPSA) is 44.2 Å². The van der Waals surface area contributed by atoms with Gasteiger partial charge in [-0.15, -0.1) is 0 Å². The Morgan fingerprint density at radius 1 is 0.447 bits per heavy atom. The summed E-state index contributed by atoms with van der Waals surface area (Å²) >= 11 is 0. The Labute approximate surface area is 231 Å². The number of unbranched alkanes of at least 4 members (excludes halogenated alkanes) is 16. The summed E-state index contributed by atoms with van der Waals surface area (Å²) in [6, 6.07) is 12.1. The Bertz CT molecular complexity index is 954. The van der Waals surface area contributed by atoms with E-state index >= 15 is 0 Å². The minimum Gasteiger partial charge on any atom is -0.490 e. The molecule has 0 saturated heterocycles. The van der Waals surface area contributed by atoms with E-state index < -0.39 is 0 Å². The van der Waals surface area contributed by atoms with Crippen LogP contribution in [-0.2, 0) is 0 Å². The Morgan fingerprint density at radius 3 is 1.16 bits per heavy atom. The first-order valence-electron chi connectivity index (χ1n) is 15.8. The molecule has 1 aromatic heterocycles. The maximum Gasteiger partial charge on any atom is 0.163 e. The Balaban J connectivity index is 1.48. The minimum absolute atomic E-state index is 0.719. The highest BCUT2D eigenvalue weighted by molar-refractivity contribution is 5.88. The fourth-order valence-electron chi connectivity index (χ4n) is 5.05. The fraction of sp³-hybridized carbons (Fsp3) is 0.647. The second-order valence-electron chi connectivity index (χ2n) is 10.9. The Kier molecular flexibility index (Phi) is 14.9. The molecule has 0 N–H and O–H groups in total. The molecule has 0 aliphatic heterocycles. The van der Waals surface area contributed by atoms with E-state index in [1.165, 1.54) is 103 Å². The van der Waals surface area contributed by atoms with Gasteiger partial charge in [-0.2, -0.15) is 0 Å². The lowest BCUT2D eigenvalue weighted by atomic mass is 10.1. The van der Waals surface area contributed by atoms with Crippen molar-refractivity contribution in [3.63, 3.8) is 0 Å². The van der Waals surface area contributed by atoms with Crippen molar-refractivity contribution in [2.75, 3.05) is 13.2 Å². The average molecular weight is 521 g/mol. The molecular formula is C34H52N2O2. The van der Waals surface area contributed by atoms with Crippen molar-refractivity contribution < 1.29 is 9.47 Å². The first-order valence-corrected chi connectivity index (χ1v) is 15.8. The van der Waals surface area contributed by atoms with Crippen molar-refractivity contribution in [1.82, 2.24) is 9.97 Å². The zero-order chi connectivity index (χ0) is 26.7. The maximum absolute atomic E-state index is 6.27. The van der Waals surface area contributed by atoms with E-state index in [1.807, 2.05) is 36.4 Å². The zero-order valence-electron chi connectivity index (χ0n) is 24.3. The van der Waals surface area contributed by atoms with Gasteiger partial charge in [-0.1, -0.05) is 129 Å².